The van der Waals surface area contributed by atoms with Gasteiger partial charge >= 0.3 is 12.0 Å². The summed E-state index contributed by atoms with van der Waals surface area (Å²) in [5, 5.41) is 14.0. The number of carbonyl (C=O) groups is 3. The van der Waals surface area contributed by atoms with Crippen LogP contribution in [0.1, 0.15) is 26.7 Å². The van der Waals surface area contributed by atoms with Gasteiger partial charge in [0.1, 0.15) is 5.54 Å². The fraction of sp³-hybridized carbons (Fsp3) is 0.727. The van der Waals surface area contributed by atoms with E-state index in [0.29, 0.717) is 26.1 Å². The minimum atomic E-state index is -0.833. The lowest BCUT2D eigenvalue weighted by Crippen LogP contribution is -2.41. The molecular formula is C11H19N3O4. The second-order valence-electron chi connectivity index (χ2n) is 4.76. The van der Waals surface area contributed by atoms with Crippen molar-refractivity contribution in [3.05, 3.63) is 0 Å². The lowest BCUT2D eigenvalue weighted by atomic mass is 10.1. The van der Waals surface area contributed by atoms with Crippen molar-refractivity contribution in [1.29, 1.82) is 0 Å². The first-order chi connectivity index (χ1) is 8.34. The van der Waals surface area contributed by atoms with Gasteiger partial charge in [0, 0.05) is 19.5 Å². The van der Waals surface area contributed by atoms with Crippen molar-refractivity contribution in [1.82, 2.24) is 15.5 Å². The van der Waals surface area contributed by atoms with E-state index >= 15 is 0 Å². The number of nitrogens with zero attached hydrogens (tertiary/aromatic N) is 1. The molecule has 1 fully saturated rings. The van der Waals surface area contributed by atoms with Gasteiger partial charge in [0.2, 0.25) is 0 Å². The van der Waals surface area contributed by atoms with Gasteiger partial charge in [-0.05, 0) is 26.8 Å². The number of amides is 3. The summed E-state index contributed by atoms with van der Waals surface area (Å²) in [6.45, 7) is 4.64. The summed E-state index contributed by atoms with van der Waals surface area (Å²) in [4.78, 5) is 34.7. The molecule has 0 bridgehead atoms. The predicted octanol–water partition coefficient (Wildman–Crippen LogP) is -0.229. The highest BCUT2D eigenvalue weighted by molar-refractivity contribution is 6.06. The van der Waals surface area contributed by atoms with E-state index in [4.69, 9.17) is 5.11 Å². The molecule has 0 aromatic carbocycles. The molecule has 3 amide bonds. The van der Waals surface area contributed by atoms with Gasteiger partial charge in [-0.15, -0.1) is 0 Å². The molecule has 0 unspecified atom stereocenters. The molecule has 1 heterocycles. The SMILES string of the molecule is CC1(C)NC(=O)N(CCNCCCC(=O)O)C1=O. The molecule has 102 valence electrons. The smallest absolute Gasteiger partial charge is 0.325 e. The molecule has 0 saturated carbocycles. The third-order valence-corrected chi connectivity index (χ3v) is 2.70. The molecule has 3 N–H and O–H groups in total. The second kappa shape index (κ2) is 5.81. The summed E-state index contributed by atoms with van der Waals surface area (Å²) in [5.74, 6) is -1.06. The largest absolute Gasteiger partial charge is 0.481 e. The van der Waals surface area contributed by atoms with Crippen LogP contribution in [0.5, 0.6) is 0 Å². The molecule has 7 nitrogen and oxygen atoms in total. The molecule has 0 aromatic heterocycles. The van der Waals surface area contributed by atoms with E-state index in [1.54, 1.807) is 13.8 Å². The van der Waals surface area contributed by atoms with Gasteiger partial charge in [-0.1, -0.05) is 0 Å². The highest BCUT2D eigenvalue weighted by atomic mass is 16.4. The normalized spacial score (nSPS) is 18.0. The van der Waals surface area contributed by atoms with Crippen LogP contribution in [0.4, 0.5) is 4.79 Å². The Bertz CT molecular complexity index is 354. The Hall–Kier alpha value is -1.63. The number of imide groups is 1. The molecule has 0 radical (unpaired) electrons. The molecular weight excluding hydrogens is 238 g/mol. The molecule has 1 aliphatic heterocycles. The van der Waals surface area contributed by atoms with Gasteiger partial charge in [0.25, 0.3) is 5.91 Å². The zero-order chi connectivity index (χ0) is 13.8. The van der Waals surface area contributed by atoms with Crippen LogP contribution < -0.4 is 10.6 Å². The van der Waals surface area contributed by atoms with Crippen molar-refractivity contribution in [2.24, 2.45) is 0 Å². The van der Waals surface area contributed by atoms with E-state index in [2.05, 4.69) is 10.6 Å². The first kappa shape index (κ1) is 14.4. The quantitative estimate of drug-likeness (QED) is 0.432. The Morgan fingerprint density at radius 2 is 2.06 bits per heavy atom. The van der Waals surface area contributed by atoms with E-state index in [1.165, 1.54) is 4.90 Å². The van der Waals surface area contributed by atoms with Gasteiger partial charge in [-0.25, -0.2) is 4.79 Å². The lowest BCUT2D eigenvalue weighted by molar-refractivity contribution is -0.137. The van der Waals surface area contributed by atoms with Gasteiger partial charge < -0.3 is 15.7 Å². The van der Waals surface area contributed by atoms with E-state index in [-0.39, 0.29) is 18.4 Å². The molecule has 1 saturated heterocycles. The highest BCUT2D eigenvalue weighted by Crippen LogP contribution is 2.15. The van der Waals surface area contributed by atoms with Crippen molar-refractivity contribution in [3.63, 3.8) is 0 Å². The van der Waals surface area contributed by atoms with Crippen LogP contribution >= 0.6 is 0 Å². The number of rotatable bonds is 7. The maximum Gasteiger partial charge on any atom is 0.325 e. The van der Waals surface area contributed by atoms with Crippen molar-refractivity contribution in [3.8, 4) is 0 Å². The average Bonchev–Trinajstić information content (AvgIpc) is 2.44. The summed E-state index contributed by atoms with van der Waals surface area (Å²) < 4.78 is 0. The average molecular weight is 257 g/mol. The van der Waals surface area contributed by atoms with Crippen LogP contribution in [0.3, 0.4) is 0 Å². The zero-order valence-corrected chi connectivity index (χ0v) is 10.7. The Morgan fingerprint density at radius 1 is 1.39 bits per heavy atom. The lowest BCUT2D eigenvalue weighted by Gasteiger charge is -2.16. The van der Waals surface area contributed by atoms with Crippen LogP contribution in [0.15, 0.2) is 0 Å². The van der Waals surface area contributed by atoms with Gasteiger partial charge in [-0.3, -0.25) is 14.5 Å². The number of aliphatic carboxylic acids is 1. The maximum absolute atomic E-state index is 11.8. The van der Waals surface area contributed by atoms with Crippen molar-refractivity contribution >= 4 is 17.9 Å². The van der Waals surface area contributed by atoms with Crippen LogP contribution in [-0.4, -0.2) is 53.1 Å². The molecule has 0 aliphatic carbocycles. The number of hydrogen-bond donors (Lipinski definition) is 3. The van der Waals surface area contributed by atoms with Gasteiger partial charge in [0.05, 0.1) is 0 Å². The van der Waals surface area contributed by atoms with Crippen molar-refractivity contribution in [2.75, 3.05) is 19.6 Å². The topological polar surface area (TPSA) is 98.7 Å². The highest BCUT2D eigenvalue weighted by Gasteiger charge is 2.43. The maximum atomic E-state index is 11.8. The Balaban J connectivity index is 2.22. The number of urea groups is 1. The molecule has 0 aromatic rings. The third kappa shape index (κ3) is 3.69. The fourth-order valence-electron chi connectivity index (χ4n) is 1.70. The summed E-state index contributed by atoms with van der Waals surface area (Å²) >= 11 is 0. The van der Waals surface area contributed by atoms with Crippen molar-refractivity contribution in [2.45, 2.75) is 32.2 Å². The Labute approximate surface area is 106 Å². The van der Waals surface area contributed by atoms with Crippen LogP contribution in [0, 0.1) is 0 Å². The second-order valence-corrected chi connectivity index (χ2v) is 4.76. The zero-order valence-electron chi connectivity index (χ0n) is 10.7. The van der Waals surface area contributed by atoms with Crippen LogP contribution in [0.25, 0.3) is 0 Å². The minimum Gasteiger partial charge on any atom is -0.481 e. The monoisotopic (exact) mass is 257 g/mol. The van der Waals surface area contributed by atoms with Crippen LogP contribution in [0.2, 0.25) is 0 Å². The molecule has 7 heteroatoms. The number of hydrogen-bond acceptors (Lipinski definition) is 4. The van der Waals surface area contributed by atoms with E-state index in [9.17, 15) is 14.4 Å². The number of carboxylic acid groups (broad SMARTS) is 1. The predicted molar refractivity (Wildman–Crippen MR) is 64.1 cm³/mol. The van der Waals surface area contributed by atoms with Crippen LogP contribution in [-0.2, 0) is 9.59 Å². The third-order valence-electron chi connectivity index (χ3n) is 2.70. The van der Waals surface area contributed by atoms with Gasteiger partial charge in [0.15, 0.2) is 0 Å². The molecule has 0 spiro atoms. The number of nitrogens with one attached hydrogen (secondary N) is 2. The summed E-state index contributed by atoms with van der Waals surface area (Å²) in [5.41, 5.74) is -0.833. The Morgan fingerprint density at radius 3 is 2.56 bits per heavy atom. The fourth-order valence-corrected chi connectivity index (χ4v) is 1.70. The number of carbonyl (C=O) groups excluding carboxylic acids is 2. The van der Waals surface area contributed by atoms with E-state index in [0.717, 1.165) is 0 Å². The van der Waals surface area contributed by atoms with Crippen molar-refractivity contribution < 1.29 is 19.5 Å². The Kier molecular flexibility index (Phi) is 4.66. The molecule has 1 aliphatic rings. The molecule has 18 heavy (non-hydrogen) atoms. The molecule has 0 atom stereocenters. The van der Waals surface area contributed by atoms with Gasteiger partial charge in [-0.2, -0.15) is 0 Å². The number of carboxylic acids is 1. The first-order valence-electron chi connectivity index (χ1n) is 5.91. The summed E-state index contributed by atoms with van der Waals surface area (Å²) in [6, 6.07) is -0.377. The first-order valence-corrected chi connectivity index (χ1v) is 5.91. The summed E-state index contributed by atoms with van der Waals surface area (Å²) in [6.07, 6.45) is 0.643. The van der Waals surface area contributed by atoms with E-state index < -0.39 is 11.5 Å². The molecule has 1 rings (SSSR count). The standard InChI is InChI=1S/C11H19N3O4/c1-11(2)9(17)14(10(18)13-11)7-6-12-5-3-4-8(15)16/h12H,3-7H2,1-2H3,(H,13,18)(H,15,16). The minimum absolute atomic E-state index is 0.114. The van der Waals surface area contributed by atoms with E-state index in [1.807, 2.05) is 0 Å². The summed E-state index contributed by atoms with van der Waals surface area (Å²) in [7, 11) is 0.